The molecule has 1 fully saturated rings. The highest BCUT2D eigenvalue weighted by molar-refractivity contribution is 6.33. The van der Waals surface area contributed by atoms with Crippen LogP contribution in [-0.4, -0.2) is 66.6 Å². The Bertz CT molecular complexity index is 542. The van der Waals surface area contributed by atoms with E-state index in [4.69, 9.17) is 21.4 Å². The van der Waals surface area contributed by atoms with Crippen LogP contribution < -0.4 is 4.74 Å². The maximum atomic E-state index is 12.0. The molecule has 1 heterocycles. The molecule has 2 rings (SSSR count). The van der Waals surface area contributed by atoms with Crippen molar-refractivity contribution in [2.24, 2.45) is 0 Å². The summed E-state index contributed by atoms with van der Waals surface area (Å²) >= 11 is 5.77. The Morgan fingerprint density at radius 1 is 1.29 bits per heavy atom. The molecule has 114 valence electrons. The van der Waals surface area contributed by atoms with Crippen LogP contribution in [0, 0.1) is 0 Å². The first-order valence-electron chi connectivity index (χ1n) is 6.59. The number of likely N-dealkylation sites (N-methyl/N-ethyl adjacent to an activating group) is 1. The van der Waals surface area contributed by atoms with Gasteiger partial charge in [0.25, 0.3) is 5.91 Å². The highest BCUT2D eigenvalue weighted by Crippen LogP contribution is 2.22. The number of rotatable bonds is 4. The maximum absolute atomic E-state index is 12.0. The minimum atomic E-state index is -1.13. The number of carbonyl (C=O) groups is 2. The van der Waals surface area contributed by atoms with E-state index in [2.05, 4.69) is 4.90 Å². The van der Waals surface area contributed by atoms with Gasteiger partial charge in [0, 0.05) is 26.2 Å². The van der Waals surface area contributed by atoms with Crippen LogP contribution >= 0.6 is 11.6 Å². The number of aromatic carboxylic acids is 1. The van der Waals surface area contributed by atoms with Gasteiger partial charge in [0.2, 0.25) is 0 Å². The van der Waals surface area contributed by atoms with Gasteiger partial charge in [0.1, 0.15) is 5.75 Å². The average molecular weight is 313 g/mol. The van der Waals surface area contributed by atoms with Crippen LogP contribution in [0.2, 0.25) is 5.02 Å². The number of benzene rings is 1. The van der Waals surface area contributed by atoms with Crippen molar-refractivity contribution in [1.82, 2.24) is 9.80 Å². The molecule has 6 nitrogen and oxygen atoms in total. The topological polar surface area (TPSA) is 70.1 Å². The molecule has 0 radical (unpaired) electrons. The van der Waals surface area contributed by atoms with E-state index in [-0.39, 0.29) is 23.1 Å². The first kappa shape index (κ1) is 15.6. The van der Waals surface area contributed by atoms with Gasteiger partial charge in [-0.1, -0.05) is 11.6 Å². The van der Waals surface area contributed by atoms with Gasteiger partial charge < -0.3 is 19.6 Å². The molecule has 1 saturated heterocycles. The number of hydrogen-bond acceptors (Lipinski definition) is 4. The van der Waals surface area contributed by atoms with E-state index in [1.165, 1.54) is 12.1 Å². The third-order valence-electron chi connectivity index (χ3n) is 3.39. The standard InChI is InChI=1S/C14H17ClN2O4/c1-16-4-6-17(7-5-16)13(18)9-21-10-2-3-12(15)11(8-10)14(19)20/h2-3,8H,4-7,9H2,1H3,(H,19,20). The highest BCUT2D eigenvalue weighted by Gasteiger charge is 2.19. The Kier molecular flexibility index (Phi) is 5.03. The minimum Gasteiger partial charge on any atom is -0.484 e. The maximum Gasteiger partial charge on any atom is 0.337 e. The fraction of sp³-hybridized carbons (Fsp3) is 0.429. The van der Waals surface area contributed by atoms with Crippen LogP contribution in [-0.2, 0) is 4.79 Å². The molecule has 21 heavy (non-hydrogen) atoms. The fourth-order valence-corrected chi connectivity index (χ4v) is 2.25. The van der Waals surface area contributed by atoms with Crippen molar-refractivity contribution in [2.75, 3.05) is 39.8 Å². The molecular formula is C14H17ClN2O4. The van der Waals surface area contributed by atoms with Crippen LogP contribution in [0.5, 0.6) is 5.75 Å². The molecule has 0 atom stereocenters. The van der Waals surface area contributed by atoms with Crippen LogP contribution in [0.25, 0.3) is 0 Å². The number of ether oxygens (including phenoxy) is 1. The molecule has 1 aromatic rings. The quantitative estimate of drug-likeness (QED) is 0.904. The molecule has 0 unspecified atom stereocenters. The summed E-state index contributed by atoms with van der Waals surface area (Å²) in [6.07, 6.45) is 0. The van der Waals surface area contributed by atoms with E-state index >= 15 is 0 Å². The number of piperazine rings is 1. The summed E-state index contributed by atoms with van der Waals surface area (Å²) in [6.45, 7) is 2.94. The number of hydrogen-bond donors (Lipinski definition) is 1. The van der Waals surface area contributed by atoms with Gasteiger partial charge in [-0.25, -0.2) is 4.79 Å². The average Bonchev–Trinajstić information content (AvgIpc) is 2.46. The van der Waals surface area contributed by atoms with Gasteiger partial charge >= 0.3 is 5.97 Å². The third-order valence-corrected chi connectivity index (χ3v) is 3.72. The minimum absolute atomic E-state index is 0.0405. The van der Waals surface area contributed by atoms with E-state index in [1.54, 1.807) is 11.0 Å². The summed E-state index contributed by atoms with van der Waals surface area (Å²) in [5, 5.41) is 9.12. The Labute approximate surface area is 127 Å². The summed E-state index contributed by atoms with van der Waals surface area (Å²) in [5.41, 5.74) is -0.0405. The summed E-state index contributed by atoms with van der Waals surface area (Å²) in [5.74, 6) is -0.912. The van der Waals surface area contributed by atoms with Crippen molar-refractivity contribution in [3.8, 4) is 5.75 Å². The SMILES string of the molecule is CN1CCN(C(=O)COc2ccc(Cl)c(C(=O)O)c2)CC1. The second-order valence-electron chi connectivity index (χ2n) is 4.92. The van der Waals surface area contributed by atoms with Crippen LogP contribution in [0.1, 0.15) is 10.4 Å². The molecular weight excluding hydrogens is 296 g/mol. The molecule has 0 spiro atoms. The Balaban J connectivity index is 1.92. The smallest absolute Gasteiger partial charge is 0.337 e. The molecule has 0 bridgehead atoms. The predicted octanol–water partition coefficient (Wildman–Crippen LogP) is 1.19. The normalized spacial score (nSPS) is 15.8. The number of nitrogens with zero attached hydrogens (tertiary/aromatic N) is 2. The molecule has 1 N–H and O–H groups in total. The van der Waals surface area contributed by atoms with Gasteiger partial charge in [-0.05, 0) is 25.2 Å². The number of halogens is 1. The van der Waals surface area contributed by atoms with E-state index in [9.17, 15) is 9.59 Å². The Hall–Kier alpha value is -1.79. The summed E-state index contributed by atoms with van der Waals surface area (Å²) < 4.78 is 5.37. The predicted molar refractivity (Wildman–Crippen MR) is 78.0 cm³/mol. The number of carboxylic acid groups (broad SMARTS) is 1. The van der Waals surface area contributed by atoms with Gasteiger partial charge in [0.05, 0.1) is 10.6 Å². The summed E-state index contributed by atoms with van der Waals surface area (Å²) in [4.78, 5) is 26.9. The highest BCUT2D eigenvalue weighted by atomic mass is 35.5. The lowest BCUT2D eigenvalue weighted by Crippen LogP contribution is -2.48. The molecule has 0 aliphatic carbocycles. The van der Waals surface area contributed by atoms with Crippen LogP contribution in [0.4, 0.5) is 0 Å². The lowest BCUT2D eigenvalue weighted by molar-refractivity contribution is -0.134. The largest absolute Gasteiger partial charge is 0.484 e. The molecule has 1 aliphatic heterocycles. The van der Waals surface area contributed by atoms with Crippen molar-refractivity contribution in [1.29, 1.82) is 0 Å². The van der Waals surface area contributed by atoms with Crippen molar-refractivity contribution in [3.63, 3.8) is 0 Å². The van der Waals surface area contributed by atoms with Crippen molar-refractivity contribution in [3.05, 3.63) is 28.8 Å². The van der Waals surface area contributed by atoms with E-state index in [0.29, 0.717) is 18.8 Å². The molecule has 1 amide bonds. The Morgan fingerprint density at radius 3 is 2.57 bits per heavy atom. The van der Waals surface area contributed by atoms with Gasteiger partial charge in [-0.15, -0.1) is 0 Å². The van der Waals surface area contributed by atoms with E-state index in [0.717, 1.165) is 13.1 Å². The molecule has 0 saturated carbocycles. The van der Waals surface area contributed by atoms with Gasteiger partial charge in [-0.3, -0.25) is 4.79 Å². The molecule has 7 heteroatoms. The van der Waals surface area contributed by atoms with Crippen molar-refractivity contribution >= 4 is 23.5 Å². The zero-order valence-corrected chi connectivity index (χ0v) is 12.5. The monoisotopic (exact) mass is 312 g/mol. The zero-order valence-electron chi connectivity index (χ0n) is 11.7. The Morgan fingerprint density at radius 2 is 1.95 bits per heavy atom. The molecule has 1 aromatic carbocycles. The fourth-order valence-electron chi connectivity index (χ4n) is 2.05. The van der Waals surface area contributed by atoms with Crippen molar-refractivity contribution < 1.29 is 19.4 Å². The van der Waals surface area contributed by atoms with E-state index < -0.39 is 5.97 Å². The molecule has 1 aliphatic rings. The number of amides is 1. The van der Waals surface area contributed by atoms with Crippen LogP contribution in [0.15, 0.2) is 18.2 Å². The second kappa shape index (κ2) is 6.78. The summed E-state index contributed by atoms with van der Waals surface area (Å²) in [6, 6.07) is 4.31. The first-order valence-corrected chi connectivity index (χ1v) is 6.97. The first-order chi connectivity index (χ1) is 9.97. The lowest BCUT2D eigenvalue weighted by Gasteiger charge is -2.32. The summed E-state index contributed by atoms with van der Waals surface area (Å²) in [7, 11) is 2.01. The third kappa shape index (κ3) is 4.09. The van der Waals surface area contributed by atoms with Gasteiger partial charge in [0.15, 0.2) is 6.61 Å². The van der Waals surface area contributed by atoms with Crippen molar-refractivity contribution in [2.45, 2.75) is 0 Å². The van der Waals surface area contributed by atoms with Crippen LogP contribution in [0.3, 0.4) is 0 Å². The number of carbonyl (C=O) groups excluding carboxylic acids is 1. The lowest BCUT2D eigenvalue weighted by atomic mass is 10.2. The van der Waals surface area contributed by atoms with Gasteiger partial charge in [-0.2, -0.15) is 0 Å². The second-order valence-corrected chi connectivity index (χ2v) is 5.33. The molecule has 0 aromatic heterocycles. The van der Waals surface area contributed by atoms with E-state index in [1.807, 2.05) is 7.05 Å². The zero-order chi connectivity index (χ0) is 15.4. The number of carboxylic acids is 1.